The fourth-order valence-electron chi connectivity index (χ4n) is 2.46. The Hall–Kier alpha value is -2.08. The summed E-state index contributed by atoms with van der Waals surface area (Å²) in [5.41, 5.74) is 0.785. The van der Waals surface area contributed by atoms with E-state index in [9.17, 15) is 14.4 Å². The number of hydrogen-bond donors (Lipinski definition) is 3. The van der Waals surface area contributed by atoms with E-state index in [0.29, 0.717) is 30.6 Å². The largest absolute Gasteiger partial charge is 0.481 e. The summed E-state index contributed by atoms with van der Waals surface area (Å²) in [4.78, 5) is 34.9. The molecule has 0 aliphatic heterocycles. The van der Waals surface area contributed by atoms with Crippen molar-refractivity contribution in [2.24, 2.45) is 11.8 Å². The molecule has 0 saturated heterocycles. The molecule has 0 heterocycles. The Kier molecular flexibility index (Phi) is 5.60. The van der Waals surface area contributed by atoms with Crippen molar-refractivity contribution in [2.75, 3.05) is 11.9 Å². The number of benzene rings is 1. The molecule has 2 atom stereocenters. The van der Waals surface area contributed by atoms with Gasteiger partial charge in [0.25, 0.3) is 5.91 Å². The van der Waals surface area contributed by atoms with Gasteiger partial charge in [-0.1, -0.05) is 18.5 Å². The van der Waals surface area contributed by atoms with Gasteiger partial charge < -0.3 is 15.7 Å². The van der Waals surface area contributed by atoms with E-state index in [1.165, 1.54) is 6.07 Å². The maximum Gasteiger partial charge on any atom is 0.307 e. The van der Waals surface area contributed by atoms with Gasteiger partial charge in [-0.15, -0.1) is 0 Å². The smallest absolute Gasteiger partial charge is 0.307 e. The summed E-state index contributed by atoms with van der Waals surface area (Å²) in [5, 5.41) is 14.6. The van der Waals surface area contributed by atoms with Crippen molar-refractivity contribution in [1.82, 2.24) is 5.32 Å². The zero-order valence-corrected chi connectivity index (χ0v) is 13.5. The second-order valence-electron chi connectivity index (χ2n) is 5.57. The summed E-state index contributed by atoms with van der Waals surface area (Å²) >= 11 is 6.09. The topological polar surface area (TPSA) is 95.5 Å². The monoisotopic (exact) mass is 338 g/mol. The van der Waals surface area contributed by atoms with Gasteiger partial charge >= 0.3 is 5.97 Å². The molecule has 7 heteroatoms. The van der Waals surface area contributed by atoms with Crippen molar-refractivity contribution in [2.45, 2.75) is 26.2 Å². The molecule has 2 rings (SSSR count). The molecule has 1 fully saturated rings. The van der Waals surface area contributed by atoms with Crippen molar-refractivity contribution >= 4 is 35.1 Å². The Morgan fingerprint density at radius 3 is 2.48 bits per heavy atom. The molecule has 0 bridgehead atoms. The maximum absolute atomic E-state index is 12.1. The minimum atomic E-state index is -0.947. The van der Waals surface area contributed by atoms with Gasteiger partial charge in [-0.05, 0) is 37.5 Å². The number of anilines is 1. The molecule has 0 radical (unpaired) electrons. The number of carbonyl (C=O) groups is 3. The lowest BCUT2D eigenvalue weighted by atomic mass is 9.73. The van der Waals surface area contributed by atoms with Crippen LogP contribution >= 0.6 is 11.6 Å². The molecule has 1 aromatic carbocycles. The van der Waals surface area contributed by atoms with Gasteiger partial charge in [-0.3, -0.25) is 14.4 Å². The Bertz CT molecular complexity index is 633. The predicted octanol–water partition coefficient (Wildman–Crippen LogP) is 2.53. The number of carboxylic acids is 1. The molecule has 3 N–H and O–H groups in total. The number of hydrogen-bond acceptors (Lipinski definition) is 3. The lowest BCUT2D eigenvalue weighted by Crippen LogP contribution is -2.41. The van der Waals surface area contributed by atoms with Crippen LogP contribution in [-0.4, -0.2) is 29.4 Å². The number of rotatable bonds is 6. The molecule has 0 spiro atoms. The van der Waals surface area contributed by atoms with Crippen LogP contribution in [0.5, 0.6) is 0 Å². The first-order chi connectivity index (χ1) is 10.9. The van der Waals surface area contributed by atoms with Crippen LogP contribution < -0.4 is 10.6 Å². The predicted molar refractivity (Wildman–Crippen MR) is 86.6 cm³/mol. The summed E-state index contributed by atoms with van der Waals surface area (Å²) in [7, 11) is 0. The molecule has 124 valence electrons. The van der Waals surface area contributed by atoms with Gasteiger partial charge in [0.15, 0.2) is 0 Å². The summed E-state index contributed by atoms with van der Waals surface area (Å²) < 4.78 is 0. The van der Waals surface area contributed by atoms with Gasteiger partial charge in [0, 0.05) is 12.2 Å². The van der Waals surface area contributed by atoms with Gasteiger partial charge in [0.1, 0.15) is 0 Å². The van der Waals surface area contributed by atoms with E-state index in [0.717, 1.165) is 6.42 Å². The second kappa shape index (κ2) is 7.46. The first kappa shape index (κ1) is 17.3. The van der Waals surface area contributed by atoms with E-state index in [-0.39, 0.29) is 16.8 Å². The minimum Gasteiger partial charge on any atom is -0.481 e. The average molecular weight is 339 g/mol. The van der Waals surface area contributed by atoms with E-state index in [4.69, 9.17) is 16.7 Å². The Labute approximate surface area is 139 Å². The molecule has 1 aliphatic rings. The Morgan fingerprint density at radius 1 is 1.26 bits per heavy atom. The van der Waals surface area contributed by atoms with Crippen LogP contribution in [-0.2, 0) is 9.59 Å². The van der Waals surface area contributed by atoms with Crippen molar-refractivity contribution in [3.8, 4) is 0 Å². The number of halogens is 1. The number of aliphatic carboxylic acids is 1. The average Bonchev–Trinajstić information content (AvgIpc) is 2.42. The molecular weight excluding hydrogens is 320 g/mol. The number of carbonyl (C=O) groups excluding carboxylic acids is 2. The first-order valence-electron chi connectivity index (χ1n) is 7.55. The minimum absolute atomic E-state index is 0.236. The lowest BCUT2D eigenvalue weighted by Gasteiger charge is -2.31. The first-order valence-corrected chi connectivity index (χ1v) is 7.93. The zero-order valence-electron chi connectivity index (χ0n) is 12.8. The quantitative estimate of drug-likeness (QED) is 0.742. The number of carboxylic acid groups (broad SMARTS) is 1. The molecular formula is C16H19ClN2O4. The zero-order chi connectivity index (χ0) is 17.0. The van der Waals surface area contributed by atoms with Gasteiger partial charge in [0.05, 0.1) is 22.4 Å². The third-order valence-corrected chi connectivity index (χ3v) is 4.26. The van der Waals surface area contributed by atoms with Crippen LogP contribution in [0, 0.1) is 11.8 Å². The van der Waals surface area contributed by atoms with E-state index < -0.39 is 17.8 Å². The molecule has 1 aromatic rings. The van der Waals surface area contributed by atoms with Gasteiger partial charge in [-0.25, -0.2) is 0 Å². The normalized spacial score (nSPS) is 19.6. The highest BCUT2D eigenvalue weighted by atomic mass is 35.5. The van der Waals surface area contributed by atoms with Crippen LogP contribution in [0.4, 0.5) is 5.69 Å². The molecule has 0 aromatic heterocycles. The Morgan fingerprint density at radius 2 is 1.96 bits per heavy atom. The molecule has 2 amide bonds. The summed E-state index contributed by atoms with van der Waals surface area (Å²) in [6.45, 7) is 2.51. The number of nitrogens with one attached hydrogen (secondary N) is 2. The SMILES string of the molecule is CCCNC(=O)c1ccc(NC(=O)C2CCC2C(=O)O)cc1Cl. The van der Waals surface area contributed by atoms with E-state index in [2.05, 4.69) is 10.6 Å². The maximum atomic E-state index is 12.1. The molecule has 2 unspecified atom stereocenters. The fourth-order valence-corrected chi connectivity index (χ4v) is 2.72. The van der Waals surface area contributed by atoms with E-state index in [1.54, 1.807) is 12.1 Å². The van der Waals surface area contributed by atoms with Gasteiger partial charge in [0.2, 0.25) is 5.91 Å². The molecule has 23 heavy (non-hydrogen) atoms. The second-order valence-corrected chi connectivity index (χ2v) is 5.98. The van der Waals surface area contributed by atoms with Gasteiger partial charge in [-0.2, -0.15) is 0 Å². The third-order valence-electron chi connectivity index (χ3n) is 3.95. The molecule has 1 aliphatic carbocycles. The fraction of sp³-hybridized carbons (Fsp3) is 0.438. The van der Waals surface area contributed by atoms with Crippen LogP contribution in [0.15, 0.2) is 18.2 Å². The lowest BCUT2D eigenvalue weighted by molar-refractivity contribution is -0.151. The van der Waals surface area contributed by atoms with Crippen molar-refractivity contribution in [3.63, 3.8) is 0 Å². The highest BCUT2D eigenvalue weighted by Crippen LogP contribution is 2.35. The highest BCUT2D eigenvalue weighted by Gasteiger charge is 2.41. The third kappa shape index (κ3) is 4.01. The standard InChI is InChI=1S/C16H19ClN2O4/c1-2-7-18-14(20)12-4-3-9(8-13(12)17)19-15(21)10-5-6-11(10)16(22)23/h3-4,8,10-11H,2,5-7H2,1H3,(H,18,20)(H,19,21)(H,22,23). The summed E-state index contributed by atoms with van der Waals surface area (Å²) in [6, 6.07) is 4.62. The molecule has 1 saturated carbocycles. The van der Waals surface area contributed by atoms with E-state index in [1.807, 2.05) is 6.92 Å². The van der Waals surface area contributed by atoms with Crippen LogP contribution in [0.25, 0.3) is 0 Å². The van der Waals surface area contributed by atoms with Crippen LogP contribution in [0.3, 0.4) is 0 Å². The Balaban J connectivity index is 2.02. The summed E-state index contributed by atoms with van der Waals surface area (Å²) in [5.74, 6) is -2.68. The van der Waals surface area contributed by atoms with Crippen LogP contribution in [0.2, 0.25) is 5.02 Å². The van der Waals surface area contributed by atoms with Crippen molar-refractivity contribution in [1.29, 1.82) is 0 Å². The highest BCUT2D eigenvalue weighted by molar-refractivity contribution is 6.34. The molecule has 6 nitrogen and oxygen atoms in total. The van der Waals surface area contributed by atoms with Crippen molar-refractivity contribution < 1.29 is 19.5 Å². The van der Waals surface area contributed by atoms with Crippen molar-refractivity contribution in [3.05, 3.63) is 28.8 Å². The number of amides is 2. The summed E-state index contributed by atoms with van der Waals surface area (Å²) in [6.07, 6.45) is 1.91. The van der Waals surface area contributed by atoms with E-state index >= 15 is 0 Å². The van der Waals surface area contributed by atoms with Crippen LogP contribution in [0.1, 0.15) is 36.5 Å².